The first kappa shape index (κ1) is 19.5. The molecule has 10 heteroatoms. The maximum atomic E-state index is 6.69. The quantitative estimate of drug-likeness (QED) is 0.463. The number of pyridine rings is 1. The first-order valence-corrected chi connectivity index (χ1v) is 11.1. The summed E-state index contributed by atoms with van der Waals surface area (Å²) in [5, 5.41) is 2.19. The molecule has 30 heavy (non-hydrogen) atoms. The molecule has 0 radical (unpaired) electrons. The van der Waals surface area contributed by atoms with Crippen molar-refractivity contribution in [3.05, 3.63) is 35.4 Å². The van der Waals surface area contributed by atoms with Crippen molar-refractivity contribution < 1.29 is 0 Å². The second-order valence-corrected chi connectivity index (χ2v) is 8.76. The lowest BCUT2D eigenvalue weighted by molar-refractivity contribution is 0.503. The summed E-state index contributed by atoms with van der Waals surface area (Å²) >= 11 is 8.14. The van der Waals surface area contributed by atoms with Crippen molar-refractivity contribution in [1.29, 1.82) is 0 Å². The van der Waals surface area contributed by atoms with Crippen molar-refractivity contribution in [2.45, 2.75) is 42.3 Å². The Morgan fingerprint density at radius 1 is 1.27 bits per heavy atom. The molecule has 0 aliphatic carbocycles. The summed E-state index contributed by atoms with van der Waals surface area (Å²) in [6.07, 6.45) is 7.91. The predicted molar refractivity (Wildman–Crippen MR) is 119 cm³/mol. The van der Waals surface area contributed by atoms with Crippen LogP contribution in [0.15, 0.2) is 34.7 Å². The van der Waals surface area contributed by atoms with E-state index in [9.17, 15) is 0 Å². The first-order valence-electron chi connectivity index (χ1n) is 9.95. The van der Waals surface area contributed by atoms with Crippen LogP contribution in [-0.2, 0) is 6.42 Å². The molecular weight excluding hydrogens is 420 g/mol. The largest absolute Gasteiger partial charge is 0.354 e. The number of rotatable bonds is 4. The Morgan fingerprint density at radius 3 is 2.97 bits per heavy atom. The van der Waals surface area contributed by atoms with E-state index < -0.39 is 0 Å². The van der Waals surface area contributed by atoms with Gasteiger partial charge in [0.2, 0.25) is 0 Å². The molecule has 1 atom stereocenters. The highest BCUT2D eigenvalue weighted by Gasteiger charge is 2.24. The molecule has 0 amide bonds. The summed E-state index contributed by atoms with van der Waals surface area (Å²) in [7, 11) is 0. The lowest BCUT2D eigenvalue weighted by Crippen LogP contribution is -2.43. The van der Waals surface area contributed by atoms with Crippen LogP contribution in [0.5, 0.6) is 0 Å². The Bertz CT molecular complexity index is 1230. The Kier molecular flexibility index (Phi) is 5.18. The van der Waals surface area contributed by atoms with Crippen molar-refractivity contribution >= 4 is 51.4 Å². The van der Waals surface area contributed by atoms with Gasteiger partial charge >= 0.3 is 0 Å². The number of aromatic nitrogens is 6. The number of aromatic amines is 1. The Labute approximate surface area is 182 Å². The van der Waals surface area contributed by atoms with E-state index in [1.807, 2.05) is 6.07 Å². The predicted octanol–water partition coefficient (Wildman–Crippen LogP) is 3.59. The molecule has 1 saturated heterocycles. The maximum Gasteiger partial charge on any atom is 0.196 e. The van der Waals surface area contributed by atoms with Crippen LogP contribution in [0, 0.1) is 0 Å². The second kappa shape index (κ2) is 7.98. The van der Waals surface area contributed by atoms with Gasteiger partial charge in [0, 0.05) is 48.3 Å². The highest BCUT2D eigenvalue weighted by atomic mass is 35.5. The molecule has 154 valence electrons. The zero-order valence-corrected chi connectivity index (χ0v) is 18.0. The van der Waals surface area contributed by atoms with Crippen LogP contribution in [0.4, 0.5) is 5.82 Å². The fourth-order valence-electron chi connectivity index (χ4n) is 3.79. The van der Waals surface area contributed by atoms with E-state index in [0.29, 0.717) is 15.8 Å². The number of nitrogens with one attached hydrogen (secondary N) is 1. The maximum absolute atomic E-state index is 6.69. The van der Waals surface area contributed by atoms with Gasteiger partial charge in [0.25, 0.3) is 0 Å². The molecule has 5 heterocycles. The third-order valence-corrected chi connectivity index (χ3v) is 6.48. The van der Waals surface area contributed by atoms with Gasteiger partial charge in [0.1, 0.15) is 17.0 Å². The molecule has 0 spiro atoms. The summed E-state index contributed by atoms with van der Waals surface area (Å²) in [6, 6.07) is 2.08. The summed E-state index contributed by atoms with van der Waals surface area (Å²) < 4.78 is 0. The summed E-state index contributed by atoms with van der Waals surface area (Å²) in [5.41, 5.74) is 9.31. The molecule has 4 aromatic rings. The number of nitrogens with two attached hydrogens (primary N) is 1. The summed E-state index contributed by atoms with van der Waals surface area (Å²) in [4.78, 5) is 29.1. The number of anilines is 1. The van der Waals surface area contributed by atoms with Gasteiger partial charge in [-0.05, 0) is 37.1 Å². The van der Waals surface area contributed by atoms with Gasteiger partial charge in [0.05, 0.1) is 10.4 Å². The zero-order valence-electron chi connectivity index (χ0n) is 16.5. The summed E-state index contributed by atoms with van der Waals surface area (Å²) in [6.45, 7) is 3.73. The molecule has 5 rings (SSSR count). The molecule has 1 unspecified atom stereocenters. The van der Waals surface area contributed by atoms with Crippen molar-refractivity contribution in [2.24, 2.45) is 5.73 Å². The van der Waals surface area contributed by atoms with Crippen molar-refractivity contribution in [3.63, 3.8) is 0 Å². The van der Waals surface area contributed by atoms with Gasteiger partial charge in [-0.1, -0.05) is 18.5 Å². The molecule has 1 fully saturated rings. The van der Waals surface area contributed by atoms with E-state index in [2.05, 4.69) is 31.8 Å². The highest BCUT2D eigenvalue weighted by Crippen LogP contribution is 2.37. The van der Waals surface area contributed by atoms with E-state index in [1.54, 1.807) is 18.6 Å². The van der Waals surface area contributed by atoms with Crippen molar-refractivity contribution in [3.8, 4) is 0 Å². The van der Waals surface area contributed by atoms with E-state index in [4.69, 9.17) is 27.3 Å². The van der Waals surface area contributed by atoms with Crippen molar-refractivity contribution in [2.75, 3.05) is 18.0 Å². The number of halogens is 1. The molecule has 0 aromatic carbocycles. The molecular formula is C20H21ClN8S. The minimum Gasteiger partial charge on any atom is -0.354 e. The van der Waals surface area contributed by atoms with Crippen LogP contribution >= 0.6 is 23.4 Å². The van der Waals surface area contributed by atoms with Gasteiger partial charge in [0.15, 0.2) is 10.8 Å². The van der Waals surface area contributed by atoms with E-state index in [1.165, 1.54) is 11.8 Å². The minimum atomic E-state index is 0.131. The zero-order chi connectivity index (χ0) is 20.7. The van der Waals surface area contributed by atoms with E-state index in [0.717, 1.165) is 65.3 Å². The smallest absolute Gasteiger partial charge is 0.196 e. The molecule has 0 bridgehead atoms. The van der Waals surface area contributed by atoms with Crippen LogP contribution in [0.1, 0.15) is 25.5 Å². The second-order valence-electron chi connectivity index (χ2n) is 7.34. The van der Waals surface area contributed by atoms with Gasteiger partial charge in [-0.15, -0.1) is 0 Å². The minimum absolute atomic E-state index is 0.131. The number of hydrogen-bond acceptors (Lipinski definition) is 8. The Morgan fingerprint density at radius 2 is 2.13 bits per heavy atom. The summed E-state index contributed by atoms with van der Waals surface area (Å²) in [5.74, 6) is 0.840. The van der Waals surface area contributed by atoms with Crippen LogP contribution in [-0.4, -0.2) is 49.0 Å². The van der Waals surface area contributed by atoms with Crippen LogP contribution in [0.3, 0.4) is 0 Å². The van der Waals surface area contributed by atoms with Gasteiger partial charge in [-0.25, -0.2) is 19.9 Å². The molecule has 1 aliphatic rings. The van der Waals surface area contributed by atoms with Gasteiger partial charge < -0.3 is 15.6 Å². The van der Waals surface area contributed by atoms with Crippen molar-refractivity contribution in [1.82, 2.24) is 29.9 Å². The SMILES string of the molecule is CCc1[nH]c2nc(Sc3cnc4nccnc4c3)nc(N3CCCC(N)C3)c2c1Cl. The lowest BCUT2D eigenvalue weighted by Gasteiger charge is -2.32. The topological polar surface area (TPSA) is 109 Å². The Hall–Kier alpha value is -2.49. The van der Waals surface area contributed by atoms with Gasteiger partial charge in [-0.3, -0.25) is 4.98 Å². The number of nitrogens with zero attached hydrogens (tertiary/aromatic N) is 6. The van der Waals surface area contributed by atoms with Crippen LogP contribution in [0.25, 0.3) is 22.2 Å². The third kappa shape index (κ3) is 3.57. The number of aryl methyl sites for hydroxylation is 1. The van der Waals surface area contributed by atoms with Crippen LogP contribution < -0.4 is 10.6 Å². The van der Waals surface area contributed by atoms with Crippen LogP contribution in [0.2, 0.25) is 5.02 Å². The third-order valence-electron chi connectivity index (χ3n) is 5.24. The fourth-order valence-corrected chi connectivity index (χ4v) is 4.90. The average Bonchev–Trinajstić information content (AvgIpc) is 3.08. The Balaban J connectivity index is 1.59. The number of H-pyrrole nitrogens is 1. The average molecular weight is 441 g/mol. The molecule has 4 aromatic heterocycles. The van der Waals surface area contributed by atoms with E-state index in [-0.39, 0.29) is 6.04 Å². The van der Waals surface area contributed by atoms with E-state index >= 15 is 0 Å². The molecule has 0 saturated carbocycles. The molecule has 1 aliphatic heterocycles. The van der Waals surface area contributed by atoms with Gasteiger partial charge in [-0.2, -0.15) is 0 Å². The fraction of sp³-hybridized carbons (Fsp3) is 0.350. The number of fused-ring (bicyclic) bond motifs is 2. The number of hydrogen-bond donors (Lipinski definition) is 2. The lowest BCUT2D eigenvalue weighted by atomic mass is 10.1. The number of piperidine rings is 1. The normalized spacial score (nSPS) is 17.2. The first-order chi connectivity index (χ1) is 14.6. The molecule has 3 N–H and O–H groups in total. The molecule has 8 nitrogen and oxygen atoms in total. The monoisotopic (exact) mass is 440 g/mol. The highest BCUT2D eigenvalue weighted by molar-refractivity contribution is 7.99. The standard InChI is InChI=1S/C20H21ClN8S/c1-2-13-16(21)15-18(26-13)27-20(28-19(15)29-7-3-4-11(22)10-29)30-12-8-14-17(25-9-12)24-6-5-23-14/h5-6,8-9,11H,2-4,7,10,22H2,1H3,(H,26,27,28).